The zero-order valence-electron chi connectivity index (χ0n) is 7.77. The zero-order chi connectivity index (χ0) is 9.52. The first kappa shape index (κ1) is 10.2. The average molecular weight is 181 g/mol. The van der Waals surface area contributed by atoms with E-state index in [-0.39, 0.29) is 0 Å². The topological polar surface area (TPSA) is 40.6 Å². The number of nitrogens with zero attached hydrogens (tertiary/aromatic N) is 1. The van der Waals surface area contributed by atoms with Gasteiger partial charge in [0.2, 0.25) is 0 Å². The lowest BCUT2D eigenvalue weighted by Crippen LogP contribution is -2.23. The lowest BCUT2D eigenvalue weighted by atomic mass is 10.2. The Morgan fingerprint density at radius 1 is 1.23 bits per heavy atom. The maximum absolute atomic E-state index is 5.25. The molecule has 0 aromatic carbocycles. The Hall–Kier alpha value is -0.905. The highest BCUT2D eigenvalue weighted by atomic mass is 16.7. The standard InChI is InChI=1S/C8H12BNO3/c1-11-9(12-2)13-7-8-3-5-10-6-4-8/h3-6H,7H2,1-2H3. The van der Waals surface area contributed by atoms with Crippen LogP contribution in [0.3, 0.4) is 0 Å². The molecule has 1 aromatic heterocycles. The van der Waals surface area contributed by atoms with E-state index in [4.69, 9.17) is 14.0 Å². The Labute approximate surface area is 78.0 Å². The molecule has 0 bridgehead atoms. The van der Waals surface area contributed by atoms with Gasteiger partial charge in [0.25, 0.3) is 0 Å². The molecule has 0 spiro atoms. The highest BCUT2D eigenvalue weighted by Crippen LogP contribution is 2.00. The van der Waals surface area contributed by atoms with Gasteiger partial charge in [-0.15, -0.1) is 0 Å². The smallest absolute Gasteiger partial charge is 0.389 e. The summed E-state index contributed by atoms with van der Waals surface area (Å²) in [6.07, 6.45) is 3.43. The molecular weight excluding hydrogens is 169 g/mol. The molecule has 0 aliphatic rings. The predicted molar refractivity (Wildman–Crippen MR) is 48.8 cm³/mol. The van der Waals surface area contributed by atoms with E-state index in [0.717, 1.165) is 5.56 Å². The summed E-state index contributed by atoms with van der Waals surface area (Å²) in [6.45, 7) is 0.453. The Kier molecular flexibility index (Phi) is 4.46. The third kappa shape index (κ3) is 3.54. The maximum Gasteiger partial charge on any atom is 0.639 e. The molecule has 0 unspecified atom stereocenters. The molecule has 1 heterocycles. The van der Waals surface area contributed by atoms with Crippen molar-refractivity contribution < 1.29 is 14.0 Å². The largest absolute Gasteiger partial charge is 0.639 e. The average Bonchev–Trinajstić information content (AvgIpc) is 2.21. The summed E-state index contributed by atoms with van der Waals surface area (Å²) in [6, 6.07) is 3.75. The monoisotopic (exact) mass is 181 g/mol. The molecule has 0 amide bonds. The number of rotatable bonds is 5. The molecule has 0 aliphatic heterocycles. The fraction of sp³-hybridized carbons (Fsp3) is 0.375. The molecule has 4 nitrogen and oxygen atoms in total. The lowest BCUT2D eigenvalue weighted by molar-refractivity contribution is 0.128. The summed E-state index contributed by atoms with van der Waals surface area (Å²) >= 11 is 0. The van der Waals surface area contributed by atoms with Crippen molar-refractivity contribution in [2.45, 2.75) is 6.61 Å². The Bertz CT molecular complexity index is 228. The van der Waals surface area contributed by atoms with Gasteiger partial charge >= 0.3 is 7.32 Å². The van der Waals surface area contributed by atoms with Crippen molar-refractivity contribution in [3.8, 4) is 0 Å². The van der Waals surface area contributed by atoms with Crippen LogP contribution in [0.25, 0.3) is 0 Å². The fourth-order valence-corrected chi connectivity index (χ4v) is 0.876. The fourth-order valence-electron chi connectivity index (χ4n) is 0.876. The van der Waals surface area contributed by atoms with E-state index < -0.39 is 7.32 Å². The molecule has 5 heteroatoms. The van der Waals surface area contributed by atoms with Crippen molar-refractivity contribution in [3.63, 3.8) is 0 Å². The Morgan fingerprint density at radius 3 is 2.38 bits per heavy atom. The Morgan fingerprint density at radius 2 is 1.85 bits per heavy atom. The van der Waals surface area contributed by atoms with Crippen LogP contribution in [0.15, 0.2) is 24.5 Å². The number of hydrogen-bond acceptors (Lipinski definition) is 4. The van der Waals surface area contributed by atoms with Gasteiger partial charge in [0.05, 0.1) is 6.61 Å². The van der Waals surface area contributed by atoms with Crippen LogP contribution in [0, 0.1) is 0 Å². The quantitative estimate of drug-likeness (QED) is 0.632. The van der Waals surface area contributed by atoms with Gasteiger partial charge in [-0.3, -0.25) is 4.98 Å². The molecule has 1 aromatic rings. The molecule has 0 saturated heterocycles. The third-order valence-electron chi connectivity index (χ3n) is 1.52. The third-order valence-corrected chi connectivity index (χ3v) is 1.52. The van der Waals surface area contributed by atoms with Crippen LogP contribution in [0.2, 0.25) is 0 Å². The predicted octanol–water partition coefficient (Wildman–Crippen LogP) is 0.876. The number of hydrogen-bond donors (Lipinski definition) is 0. The maximum atomic E-state index is 5.25. The minimum absolute atomic E-state index is 0.453. The van der Waals surface area contributed by atoms with Crippen LogP contribution in [-0.2, 0) is 20.6 Å². The first-order chi connectivity index (χ1) is 6.36. The second kappa shape index (κ2) is 5.69. The van der Waals surface area contributed by atoms with E-state index in [1.807, 2.05) is 12.1 Å². The summed E-state index contributed by atoms with van der Waals surface area (Å²) < 4.78 is 15.0. The first-order valence-corrected chi connectivity index (χ1v) is 3.93. The molecule has 0 fully saturated rings. The highest BCUT2D eigenvalue weighted by Gasteiger charge is 2.16. The van der Waals surface area contributed by atoms with E-state index in [1.54, 1.807) is 12.4 Å². The zero-order valence-corrected chi connectivity index (χ0v) is 7.77. The molecule has 70 valence electrons. The van der Waals surface area contributed by atoms with Crippen molar-refractivity contribution in [1.82, 2.24) is 4.98 Å². The SMILES string of the molecule is COB(OC)OCc1ccncc1. The molecule has 0 N–H and O–H groups in total. The van der Waals surface area contributed by atoms with E-state index in [2.05, 4.69) is 4.98 Å². The van der Waals surface area contributed by atoms with Gasteiger partial charge in [0.15, 0.2) is 0 Å². The van der Waals surface area contributed by atoms with E-state index in [0.29, 0.717) is 6.61 Å². The van der Waals surface area contributed by atoms with Gasteiger partial charge in [-0.25, -0.2) is 0 Å². The summed E-state index contributed by atoms with van der Waals surface area (Å²) in [4.78, 5) is 3.89. The van der Waals surface area contributed by atoms with Crippen molar-refractivity contribution in [2.75, 3.05) is 14.2 Å². The van der Waals surface area contributed by atoms with Crippen LogP contribution in [0.1, 0.15) is 5.56 Å². The summed E-state index contributed by atoms with van der Waals surface area (Å²) in [7, 11) is 2.45. The highest BCUT2D eigenvalue weighted by molar-refractivity contribution is 6.36. The van der Waals surface area contributed by atoms with Crippen LogP contribution in [-0.4, -0.2) is 26.5 Å². The minimum atomic E-state index is -0.604. The summed E-state index contributed by atoms with van der Waals surface area (Å²) in [5, 5.41) is 0. The van der Waals surface area contributed by atoms with Gasteiger partial charge < -0.3 is 14.0 Å². The van der Waals surface area contributed by atoms with Gasteiger partial charge in [0, 0.05) is 26.6 Å². The van der Waals surface area contributed by atoms with E-state index in [9.17, 15) is 0 Å². The summed E-state index contributed by atoms with van der Waals surface area (Å²) in [5.74, 6) is 0. The second-order valence-electron chi connectivity index (χ2n) is 2.43. The lowest BCUT2D eigenvalue weighted by Gasteiger charge is -2.08. The van der Waals surface area contributed by atoms with Crippen molar-refractivity contribution in [1.29, 1.82) is 0 Å². The van der Waals surface area contributed by atoms with E-state index in [1.165, 1.54) is 14.2 Å². The van der Waals surface area contributed by atoms with Crippen LogP contribution >= 0.6 is 0 Å². The van der Waals surface area contributed by atoms with Crippen LogP contribution in [0.4, 0.5) is 0 Å². The van der Waals surface area contributed by atoms with Crippen LogP contribution in [0.5, 0.6) is 0 Å². The van der Waals surface area contributed by atoms with Crippen molar-refractivity contribution >= 4 is 7.32 Å². The van der Waals surface area contributed by atoms with Gasteiger partial charge in [0.1, 0.15) is 0 Å². The van der Waals surface area contributed by atoms with Crippen molar-refractivity contribution in [2.24, 2.45) is 0 Å². The minimum Gasteiger partial charge on any atom is -0.389 e. The Balaban J connectivity index is 2.34. The molecule has 0 atom stereocenters. The number of aromatic nitrogens is 1. The molecular formula is C8H12BNO3. The van der Waals surface area contributed by atoms with Gasteiger partial charge in [-0.1, -0.05) is 0 Å². The molecule has 0 saturated carbocycles. The normalized spacial score (nSPS) is 10.0. The summed E-state index contributed by atoms with van der Waals surface area (Å²) in [5.41, 5.74) is 1.04. The molecule has 0 radical (unpaired) electrons. The number of pyridine rings is 1. The van der Waals surface area contributed by atoms with Crippen LogP contribution < -0.4 is 0 Å². The molecule has 0 aliphatic carbocycles. The van der Waals surface area contributed by atoms with Gasteiger partial charge in [-0.05, 0) is 17.7 Å². The molecule has 1 rings (SSSR count). The first-order valence-electron chi connectivity index (χ1n) is 3.93. The van der Waals surface area contributed by atoms with Gasteiger partial charge in [-0.2, -0.15) is 0 Å². The molecule has 13 heavy (non-hydrogen) atoms. The van der Waals surface area contributed by atoms with Crippen molar-refractivity contribution in [3.05, 3.63) is 30.1 Å². The van der Waals surface area contributed by atoms with E-state index >= 15 is 0 Å². The second-order valence-corrected chi connectivity index (χ2v) is 2.43.